The first-order valence-corrected chi connectivity index (χ1v) is 8.39. The number of sulfone groups is 1. The van der Waals surface area contributed by atoms with Crippen molar-refractivity contribution in [2.24, 2.45) is 11.7 Å². The fourth-order valence-corrected chi connectivity index (χ4v) is 3.73. The molecule has 1 saturated heterocycles. The number of nitrogens with two attached hydrogens (primary N) is 1. The summed E-state index contributed by atoms with van der Waals surface area (Å²) in [4.78, 5) is 2.73. The normalized spacial score (nSPS) is 22.5. The van der Waals surface area contributed by atoms with Crippen LogP contribution >= 0.6 is 12.2 Å². The third-order valence-corrected chi connectivity index (χ3v) is 5.31. The molecule has 0 aromatic heterocycles. The Hall–Kier alpha value is -0.200. The van der Waals surface area contributed by atoms with Gasteiger partial charge in [0.15, 0.2) is 9.84 Å². The van der Waals surface area contributed by atoms with Crippen LogP contribution in [-0.2, 0) is 9.84 Å². The minimum Gasteiger partial charge on any atom is -0.393 e. The lowest BCUT2D eigenvalue weighted by molar-refractivity contribution is 0.215. The first-order chi connectivity index (χ1) is 7.94. The van der Waals surface area contributed by atoms with Crippen LogP contribution in [0.25, 0.3) is 0 Å². The molecule has 1 atom stereocenters. The Morgan fingerprint density at radius 3 is 2.76 bits per heavy atom. The number of thiocarbonyl (C=S) groups is 1. The first-order valence-electron chi connectivity index (χ1n) is 6.16. The number of hydrogen-bond donors (Lipinski definition) is 1. The molecule has 0 saturated carbocycles. The summed E-state index contributed by atoms with van der Waals surface area (Å²) in [5.41, 5.74) is 5.65. The van der Waals surface area contributed by atoms with Gasteiger partial charge in [-0.25, -0.2) is 8.42 Å². The molecular weight excluding hydrogens is 256 g/mol. The predicted octanol–water partition coefficient (Wildman–Crippen LogP) is 0.809. The monoisotopic (exact) mass is 278 g/mol. The van der Waals surface area contributed by atoms with Crippen LogP contribution in [0.15, 0.2) is 0 Å². The van der Waals surface area contributed by atoms with Crippen LogP contribution < -0.4 is 5.73 Å². The van der Waals surface area contributed by atoms with E-state index in [1.807, 2.05) is 6.92 Å². The van der Waals surface area contributed by atoms with Crippen molar-refractivity contribution in [1.29, 1.82) is 0 Å². The van der Waals surface area contributed by atoms with E-state index < -0.39 is 9.84 Å². The van der Waals surface area contributed by atoms with Crippen LogP contribution in [-0.4, -0.2) is 49.4 Å². The second-order valence-corrected chi connectivity index (χ2v) is 7.47. The van der Waals surface area contributed by atoms with Gasteiger partial charge in [0.2, 0.25) is 0 Å². The summed E-state index contributed by atoms with van der Waals surface area (Å²) in [5, 5.41) is 0. The van der Waals surface area contributed by atoms with Gasteiger partial charge in [-0.3, -0.25) is 0 Å². The Balaban J connectivity index is 2.39. The minimum atomic E-state index is -2.87. The number of rotatable bonds is 6. The summed E-state index contributed by atoms with van der Waals surface area (Å²) in [5.74, 6) is 0.803. The van der Waals surface area contributed by atoms with Crippen LogP contribution in [0.1, 0.15) is 26.2 Å². The summed E-state index contributed by atoms with van der Waals surface area (Å²) >= 11 is 5.00. The molecule has 1 aliphatic heterocycles. The van der Waals surface area contributed by atoms with Crippen molar-refractivity contribution in [3.8, 4) is 0 Å². The maximum atomic E-state index is 11.6. The first kappa shape index (κ1) is 14.9. The smallest absolute Gasteiger partial charge is 0.151 e. The van der Waals surface area contributed by atoms with Gasteiger partial charge >= 0.3 is 0 Å². The second-order valence-electron chi connectivity index (χ2n) is 4.69. The molecule has 0 bridgehead atoms. The van der Waals surface area contributed by atoms with E-state index in [1.54, 1.807) is 0 Å². The van der Waals surface area contributed by atoms with Gasteiger partial charge in [0.1, 0.15) is 0 Å². The van der Waals surface area contributed by atoms with Gasteiger partial charge in [-0.15, -0.1) is 0 Å². The van der Waals surface area contributed by atoms with E-state index in [0.717, 1.165) is 25.9 Å². The van der Waals surface area contributed by atoms with Gasteiger partial charge in [0, 0.05) is 24.8 Å². The second kappa shape index (κ2) is 6.66. The molecule has 1 heterocycles. The van der Waals surface area contributed by atoms with Gasteiger partial charge in [0.25, 0.3) is 0 Å². The molecule has 1 aliphatic rings. The highest BCUT2D eigenvalue weighted by molar-refractivity contribution is 7.91. The molecule has 2 N–H and O–H groups in total. The summed E-state index contributed by atoms with van der Waals surface area (Å²) in [6, 6.07) is 0. The standard InChI is InChI=1S/C11H22N2O2S2/c1-2-7-17(14,15)8-6-13-5-3-4-10(9-13)11(12)16/h10H,2-9H2,1H3,(H2,12,16). The van der Waals surface area contributed by atoms with Crippen molar-refractivity contribution in [3.63, 3.8) is 0 Å². The summed E-state index contributed by atoms with van der Waals surface area (Å²) in [6.45, 7) is 4.28. The lowest BCUT2D eigenvalue weighted by Gasteiger charge is -2.31. The molecule has 0 radical (unpaired) electrons. The molecule has 0 aliphatic carbocycles. The van der Waals surface area contributed by atoms with E-state index in [0.29, 0.717) is 23.7 Å². The zero-order valence-electron chi connectivity index (χ0n) is 10.4. The molecule has 0 spiro atoms. The molecule has 100 valence electrons. The summed E-state index contributed by atoms with van der Waals surface area (Å²) in [7, 11) is -2.87. The highest BCUT2D eigenvalue weighted by Gasteiger charge is 2.22. The van der Waals surface area contributed by atoms with Crippen molar-refractivity contribution in [2.45, 2.75) is 26.2 Å². The largest absolute Gasteiger partial charge is 0.393 e. The fraction of sp³-hybridized carbons (Fsp3) is 0.909. The zero-order valence-corrected chi connectivity index (χ0v) is 12.0. The SMILES string of the molecule is CCCS(=O)(=O)CCN1CCCC(C(N)=S)C1. The average molecular weight is 278 g/mol. The maximum Gasteiger partial charge on any atom is 0.151 e. The quantitative estimate of drug-likeness (QED) is 0.729. The van der Waals surface area contributed by atoms with Crippen molar-refractivity contribution in [3.05, 3.63) is 0 Å². The van der Waals surface area contributed by atoms with Gasteiger partial charge in [-0.05, 0) is 25.8 Å². The highest BCUT2D eigenvalue weighted by atomic mass is 32.2. The Bertz CT molecular complexity index is 354. The van der Waals surface area contributed by atoms with E-state index in [2.05, 4.69) is 4.90 Å². The molecule has 17 heavy (non-hydrogen) atoms. The van der Waals surface area contributed by atoms with E-state index in [1.165, 1.54) is 0 Å². The maximum absolute atomic E-state index is 11.6. The molecule has 1 rings (SSSR count). The summed E-state index contributed by atoms with van der Waals surface area (Å²) < 4.78 is 23.2. The Morgan fingerprint density at radius 2 is 2.18 bits per heavy atom. The van der Waals surface area contributed by atoms with E-state index in [-0.39, 0.29) is 11.7 Å². The number of piperidine rings is 1. The zero-order chi connectivity index (χ0) is 12.9. The number of likely N-dealkylation sites (tertiary alicyclic amines) is 1. The molecule has 6 heteroatoms. The topological polar surface area (TPSA) is 63.4 Å². The molecule has 4 nitrogen and oxygen atoms in total. The van der Waals surface area contributed by atoms with Gasteiger partial charge in [-0.2, -0.15) is 0 Å². The molecule has 0 amide bonds. The minimum absolute atomic E-state index is 0.255. The van der Waals surface area contributed by atoms with Crippen LogP contribution in [0.4, 0.5) is 0 Å². The van der Waals surface area contributed by atoms with Gasteiger partial charge in [0.05, 0.1) is 10.7 Å². The average Bonchev–Trinajstić information content (AvgIpc) is 2.27. The van der Waals surface area contributed by atoms with Crippen molar-refractivity contribution >= 4 is 27.0 Å². The predicted molar refractivity (Wildman–Crippen MR) is 74.9 cm³/mol. The Labute approximate surface area is 109 Å². The molecule has 0 aromatic carbocycles. The van der Waals surface area contributed by atoms with Crippen molar-refractivity contribution in [2.75, 3.05) is 31.1 Å². The van der Waals surface area contributed by atoms with Crippen LogP contribution in [0, 0.1) is 5.92 Å². The van der Waals surface area contributed by atoms with Crippen molar-refractivity contribution in [1.82, 2.24) is 4.90 Å². The molecule has 1 unspecified atom stereocenters. The molecular formula is C11H22N2O2S2. The summed E-state index contributed by atoms with van der Waals surface area (Å²) in [6.07, 6.45) is 2.78. The Morgan fingerprint density at radius 1 is 1.47 bits per heavy atom. The molecule has 0 aromatic rings. The third kappa shape index (κ3) is 5.31. The van der Waals surface area contributed by atoms with Crippen LogP contribution in [0.3, 0.4) is 0 Å². The Kier molecular flexibility index (Phi) is 5.82. The fourth-order valence-electron chi connectivity index (χ4n) is 2.17. The third-order valence-electron chi connectivity index (χ3n) is 3.14. The van der Waals surface area contributed by atoms with Gasteiger partial charge < -0.3 is 10.6 Å². The lowest BCUT2D eigenvalue weighted by atomic mass is 9.98. The van der Waals surface area contributed by atoms with Crippen LogP contribution in [0.5, 0.6) is 0 Å². The van der Waals surface area contributed by atoms with E-state index >= 15 is 0 Å². The number of hydrogen-bond acceptors (Lipinski definition) is 4. The van der Waals surface area contributed by atoms with Gasteiger partial charge in [-0.1, -0.05) is 19.1 Å². The number of nitrogens with zero attached hydrogens (tertiary/aromatic N) is 1. The lowest BCUT2D eigenvalue weighted by Crippen LogP contribution is -2.42. The van der Waals surface area contributed by atoms with E-state index in [9.17, 15) is 8.42 Å². The van der Waals surface area contributed by atoms with Crippen LogP contribution in [0.2, 0.25) is 0 Å². The highest BCUT2D eigenvalue weighted by Crippen LogP contribution is 2.16. The van der Waals surface area contributed by atoms with E-state index in [4.69, 9.17) is 18.0 Å². The van der Waals surface area contributed by atoms with Crippen molar-refractivity contribution < 1.29 is 8.42 Å². The molecule has 1 fully saturated rings.